The van der Waals surface area contributed by atoms with E-state index in [0.29, 0.717) is 12.5 Å². The highest BCUT2D eigenvalue weighted by Crippen LogP contribution is 2.16. The van der Waals surface area contributed by atoms with E-state index in [-0.39, 0.29) is 17.4 Å². The minimum Gasteiger partial charge on any atom is -0.351 e. The van der Waals surface area contributed by atoms with Crippen LogP contribution in [0.2, 0.25) is 0 Å². The Kier molecular flexibility index (Phi) is 5.88. The molecule has 1 unspecified atom stereocenters. The minimum atomic E-state index is -0.152. The Morgan fingerprint density at radius 1 is 1.33 bits per heavy atom. The van der Waals surface area contributed by atoms with Gasteiger partial charge in [-0.05, 0) is 46.1 Å². The summed E-state index contributed by atoms with van der Waals surface area (Å²) in [6.07, 6.45) is 1.69. The van der Waals surface area contributed by atoms with Crippen LogP contribution in [0.4, 0.5) is 0 Å². The number of amides is 1. The summed E-state index contributed by atoms with van der Waals surface area (Å²) in [6, 6.07) is 0. The lowest BCUT2D eigenvalue weighted by Gasteiger charge is -2.25. The number of nitrogens with two attached hydrogens (primary N) is 1. The lowest BCUT2D eigenvalue weighted by molar-refractivity contribution is -0.127. The summed E-state index contributed by atoms with van der Waals surface area (Å²) >= 11 is 0. The van der Waals surface area contributed by atoms with Crippen LogP contribution in [0.3, 0.4) is 0 Å². The standard InChI is InChI=1S/C12H26N2O/c1-9(2)8-10(6-7-13)11(15)14-12(3,4)5/h9-10H,6-8,13H2,1-5H3,(H,14,15). The highest BCUT2D eigenvalue weighted by molar-refractivity contribution is 5.79. The van der Waals surface area contributed by atoms with Crippen LogP contribution in [0.5, 0.6) is 0 Å². The quantitative estimate of drug-likeness (QED) is 0.734. The molecule has 15 heavy (non-hydrogen) atoms. The molecule has 1 amide bonds. The monoisotopic (exact) mass is 214 g/mol. The van der Waals surface area contributed by atoms with Gasteiger partial charge in [0.2, 0.25) is 5.91 Å². The van der Waals surface area contributed by atoms with Crippen molar-refractivity contribution in [3.63, 3.8) is 0 Å². The third kappa shape index (κ3) is 7.37. The van der Waals surface area contributed by atoms with Crippen LogP contribution in [0.25, 0.3) is 0 Å². The first-order chi connectivity index (χ1) is 6.76. The molecule has 0 saturated heterocycles. The van der Waals surface area contributed by atoms with E-state index in [1.807, 2.05) is 20.8 Å². The predicted molar refractivity (Wildman–Crippen MR) is 64.5 cm³/mol. The van der Waals surface area contributed by atoms with E-state index in [4.69, 9.17) is 5.73 Å². The van der Waals surface area contributed by atoms with Gasteiger partial charge in [-0.2, -0.15) is 0 Å². The van der Waals surface area contributed by atoms with Crippen LogP contribution in [0.1, 0.15) is 47.5 Å². The first-order valence-corrected chi connectivity index (χ1v) is 5.78. The molecule has 0 heterocycles. The van der Waals surface area contributed by atoms with Crippen LogP contribution in [-0.4, -0.2) is 18.0 Å². The molecule has 0 fully saturated rings. The Hall–Kier alpha value is -0.570. The predicted octanol–water partition coefficient (Wildman–Crippen LogP) is 1.91. The lowest BCUT2D eigenvalue weighted by Crippen LogP contribution is -2.44. The van der Waals surface area contributed by atoms with Crippen molar-refractivity contribution in [3.8, 4) is 0 Å². The zero-order valence-corrected chi connectivity index (χ0v) is 10.8. The minimum absolute atomic E-state index is 0.0641. The molecule has 0 aliphatic carbocycles. The van der Waals surface area contributed by atoms with Crippen LogP contribution in [-0.2, 0) is 4.79 Å². The summed E-state index contributed by atoms with van der Waals surface area (Å²) in [4.78, 5) is 11.9. The fraction of sp³-hybridized carbons (Fsp3) is 0.917. The first-order valence-electron chi connectivity index (χ1n) is 5.78. The average molecular weight is 214 g/mol. The molecule has 0 radical (unpaired) electrons. The van der Waals surface area contributed by atoms with E-state index < -0.39 is 0 Å². The summed E-state index contributed by atoms with van der Waals surface area (Å²) < 4.78 is 0. The Bertz CT molecular complexity index is 194. The van der Waals surface area contributed by atoms with Gasteiger partial charge in [-0.25, -0.2) is 0 Å². The van der Waals surface area contributed by atoms with E-state index in [2.05, 4.69) is 19.2 Å². The van der Waals surface area contributed by atoms with Crippen LogP contribution in [0, 0.1) is 11.8 Å². The molecular formula is C12H26N2O. The molecule has 0 aliphatic heterocycles. The molecule has 0 rings (SSSR count). The van der Waals surface area contributed by atoms with E-state index >= 15 is 0 Å². The SMILES string of the molecule is CC(C)CC(CCN)C(=O)NC(C)(C)C. The summed E-state index contributed by atoms with van der Waals surface area (Å²) in [5.41, 5.74) is 5.37. The van der Waals surface area contributed by atoms with E-state index in [1.54, 1.807) is 0 Å². The Balaban J connectivity index is 4.28. The topological polar surface area (TPSA) is 55.1 Å². The van der Waals surface area contributed by atoms with Crippen molar-refractivity contribution in [2.45, 2.75) is 53.0 Å². The van der Waals surface area contributed by atoms with Crippen molar-refractivity contribution in [3.05, 3.63) is 0 Å². The van der Waals surface area contributed by atoms with E-state index in [0.717, 1.165) is 12.8 Å². The maximum Gasteiger partial charge on any atom is 0.223 e. The van der Waals surface area contributed by atoms with Crippen molar-refractivity contribution in [1.82, 2.24) is 5.32 Å². The molecule has 3 nitrogen and oxygen atoms in total. The maximum atomic E-state index is 11.9. The first kappa shape index (κ1) is 14.4. The van der Waals surface area contributed by atoms with E-state index in [9.17, 15) is 4.79 Å². The van der Waals surface area contributed by atoms with Crippen molar-refractivity contribution < 1.29 is 4.79 Å². The van der Waals surface area contributed by atoms with Gasteiger partial charge in [-0.3, -0.25) is 4.79 Å². The van der Waals surface area contributed by atoms with Gasteiger partial charge in [-0.1, -0.05) is 13.8 Å². The van der Waals surface area contributed by atoms with Crippen molar-refractivity contribution in [2.24, 2.45) is 17.6 Å². The van der Waals surface area contributed by atoms with Crippen LogP contribution in [0.15, 0.2) is 0 Å². The number of carbonyl (C=O) groups excluding carboxylic acids is 1. The van der Waals surface area contributed by atoms with Gasteiger partial charge in [-0.15, -0.1) is 0 Å². The van der Waals surface area contributed by atoms with Crippen molar-refractivity contribution >= 4 is 5.91 Å². The Morgan fingerprint density at radius 2 is 1.87 bits per heavy atom. The molecule has 1 atom stereocenters. The summed E-state index contributed by atoms with van der Waals surface area (Å²) in [6.45, 7) is 10.8. The Morgan fingerprint density at radius 3 is 2.20 bits per heavy atom. The number of hydrogen-bond acceptors (Lipinski definition) is 2. The lowest BCUT2D eigenvalue weighted by atomic mass is 9.92. The van der Waals surface area contributed by atoms with Crippen molar-refractivity contribution in [2.75, 3.05) is 6.54 Å². The van der Waals surface area contributed by atoms with Gasteiger partial charge in [0.1, 0.15) is 0 Å². The zero-order chi connectivity index (χ0) is 12.1. The third-order valence-corrected chi connectivity index (χ3v) is 2.14. The molecule has 0 aromatic rings. The largest absolute Gasteiger partial charge is 0.351 e. The van der Waals surface area contributed by atoms with E-state index in [1.165, 1.54) is 0 Å². The molecule has 0 bridgehead atoms. The maximum absolute atomic E-state index is 11.9. The van der Waals surface area contributed by atoms with Gasteiger partial charge in [0.25, 0.3) is 0 Å². The summed E-state index contributed by atoms with van der Waals surface area (Å²) in [7, 11) is 0. The Labute approximate surface area is 93.8 Å². The molecular weight excluding hydrogens is 188 g/mol. The second-order valence-electron chi connectivity index (χ2n) is 5.64. The normalized spacial score (nSPS) is 14.1. The third-order valence-electron chi connectivity index (χ3n) is 2.14. The fourth-order valence-corrected chi connectivity index (χ4v) is 1.60. The van der Waals surface area contributed by atoms with Crippen LogP contribution < -0.4 is 11.1 Å². The number of nitrogens with one attached hydrogen (secondary N) is 1. The number of carbonyl (C=O) groups is 1. The van der Waals surface area contributed by atoms with Gasteiger partial charge >= 0.3 is 0 Å². The highest BCUT2D eigenvalue weighted by Gasteiger charge is 2.22. The summed E-state index contributed by atoms with van der Waals surface area (Å²) in [5.74, 6) is 0.739. The highest BCUT2D eigenvalue weighted by atomic mass is 16.2. The van der Waals surface area contributed by atoms with Crippen LogP contribution >= 0.6 is 0 Å². The zero-order valence-electron chi connectivity index (χ0n) is 10.8. The van der Waals surface area contributed by atoms with Crippen molar-refractivity contribution in [1.29, 1.82) is 0 Å². The smallest absolute Gasteiger partial charge is 0.223 e. The second-order valence-corrected chi connectivity index (χ2v) is 5.64. The molecule has 0 aromatic carbocycles. The van der Waals surface area contributed by atoms with Gasteiger partial charge in [0, 0.05) is 11.5 Å². The molecule has 0 saturated carbocycles. The molecule has 3 heteroatoms. The number of rotatable bonds is 5. The second kappa shape index (κ2) is 6.11. The summed E-state index contributed by atoms with van der Waals surface area (Å²) in [5, 5.41) is 3.01. The van der Waals surface area contributed by atoms with Gasteiger partial charge in [0.05, 0.1) is 0 Å². The van der Waals surface area contributed by atoms with Gasteiger partial charge < -0.3 is 11.1 Å². The molecule has 3 N–H and O–H groups in total. The molecule has 90 valence electrons. The fourth-order valence-electron chi connectivity index (χ4n) is 1.60. The number of hydrogen-bond donors (Lipinski definition) is 2. The molecule has 0 aromatic heterocycles. The molecule has 0 spiro atoms. The van der Waals surface area contributed by atoms with Gasteiger partial charge in [0.15, 0.2) is 0 Å². The molecule has 0 aliphatic rings. The average Bonchev–Trinajstić information content (AvgIpc) is 1.99.